The molecular formula is C19H23N3O9. The monoisotopic (exact) mass is 437 g/mol. The van der Waals surface area contributed by atoms with Crippen LogP contribution in [0.1, 0.15) is 37.0 Å². The second-order valence-electron chi connectivity index (χ2n) is 6.35. The van der Waals surface area contributed by atoms with Crippen molar-refractivity contribution in [1.29, 1.82) is 0 Å². The summed E-state index contributed by atoms with van der Waals surface area (Å²) in [6, 6.07) is 5.44. The van der Waals surface area contributed by atoms with Crippen molar-refractivity contribution in [3.8, 4) is 5.75 Å². The Hall–Kier alpha value is -3.83. The molecule has 0 amide bonds. The van der Waals surface area contributed by atoms with Gasteiger partial charge in [-0.15, -0.1) is 5.01 Å². The second kappa shape index (κ2) is 11.4. The van der Waals surface area contributed by atoms with E-state index in [9.17, 15) is 19.6 Å². The Morgan fingerprint density at radius 3 is 2.65 bits per heavy atom. The number of ether oxygens (including phenoxy) is 4. The number of carbonyl (C=O) groups is 3. The number of esters is 3. The zero-order valence-corrected chi connectivity index (χ0v) is 17.1. The van der Waals surface area contributed by atoms with Crippen molar-refractivity contribution in [3.63, 3.8) is 0 Å². The first kappa shape index (κ1) is 23.4. The van der Waals surface area contributed by atoms with Crippen LogP contribution in [0.2, 0.25) is 0 Å². The number of hydrogen-bond acceptors (Lipinski definition) is 10. The zero-order chi connectivity index (χ0) is 22.8. The lowest BCUT2D eigenvalue weighted by Crippen LogP contribution is -2.41. The quantitative estimate of drug-likeness (QED) is 0.102. The first-order valence-electron chi connectivity index (χ1n) is 9.26. The van der Waals surface area contributed by atoms with Crippen LogP contribution >= 0.6 is 0 Å². The van der Waals surface area contributed by atoms with Crippen molar-refractivity contribution in [1.82, 2.24) is 5.01 Å². The third-order valence-corrected chi connectivity index (χ3v) is 3.94. The van der Waals surface area contributed by atoms with Crippen LogP contribution in [0.4, 0.5) is 0 Å². The highest BCUT2D eigenvalue weighted by Gasteiger charge is 2.38. The molecule has 1 aliphatic rings. The molecule has 168 valence electrons. The average molecular weight is 437 g/mol. The number of allylic oxidation sites excluding steroid dienone is 1. The van der Waals surface area contributed by atoms with E-state index in [-0.39, 0.29) is 22.8 Å². The highest BCUT2D eigenvalue weighted by Crippen LogP contribution is 2.21. The Morgan fingerprint density at radius 2 is 1.94 bits per heavy atom. The van der Waals surface area contributed by atoms with Gasteiger partial charge in [-0.25, -0.2) is 9.59 Å². The summed E-state index contributed by atoms with van der Waals surface area (Å²) < 4.78 is 19.8. The summed E-state index contributed by atoms with van der Waals surface area (Å²) in [5, 5.41) is 16.3. The van der Waals surface area contributed by atoms with Gasteiger partial charge in [0.15, 0.2) is 6.04 Å². The van der Waals surface area contributed by atoms with Gasteiger partial charge in [-0.05, 0) is 31.9 Å². The van der Waals surface area contributed by atoms with E-state index in [2.05, 4.69) is 21.4 Å². The summed E-state index contributed by atoms with van der Waals surface area (Å²) in [4.78, 5) is 39.8. The summed E-state index contributed by atoms with van der Waals surface area (Å²) in [5.41, 5.74) is 0.138. The molecule has 1 aromatic carbocycles. The minimum absolute atomic E-state index is 0.0830. The van der Waals surface area contributed by atoms with Gasteiger partial charge in [-0.1, -0.05) is 18.7 Å². The predicted molar refractivity (Wildman–Crippen MR) is 102 cm³/mol. The highest BCUT2D eigenvalue weighted by molar-refractivity contribution is 5.92. The maximum atomic E-state index is 12.3. The van der Waals surface area contributed by atoms with Gasteiger partial charge in [0.05, 0.1) is 17.3 Å². The molecule has 1 fully saturated rings. The van der Waals surface area contributed by atoms with E-state index in [0.29, 0.717) is 18.6 Å². The van der Waals surface area contributed by atoms with Crippen molar-refractivity contribution < 1.29 is 43.1 Å². The SMILES string of the molecule is C=C(C)Oc1ccccc1C(=O)OCOC(=O)[C@@H]1CCCN1/[N+]([O-])=N\OCOC(C)=O. The van der Waals surface area contributed by atoms with Crippen LogP contribution in [0.5, 0.6) is 5.75 Å². The summed E-state index contributed by atoms with van der Waals surface area (Å²) in [6.45, 7) is 5.46. The van der Waals surface area contributed by atoms with Crippen molar-refractivity contribution in [2.45, 2.75) is 32.7 Å². The lowest BCUT2D eigenvalue weighted by molar-refractivity contribution is -0.712. The highest BCUT2D eigenvalue weighted by atomic mass is 16.8. The number of carbonyl (C=O) groups excluding carboxylic acids is 3. The first-order chi connectivity index (χ1) is 14.8. The van der Waals surface area contributed by atoms with Crippen LogP contribution in [-0.2, 0) is 28.6 Å². The normalized spacial score (nSPS) is 15.7. The molecule has 0 aliphatic carbocycles. The minimum Gasteiger partial charge on any atom is -0.569 e. The lowest BCUT2D eigenvalue weighted by atomic mass is 10.2. The molecule has 0 radical (unpaired) electrons. The summed E-state index contributed by atoms with van der Waals surface area (Å²) >= 11 is 0. The predicted octanol–water partition coefficient (Wildman–Crippen LogP) is 2.05. The van der Waals surface area contributed by atoms with Crippen LogP contribution < -0.4 is 4.74 Å². The molecule has 1 saturated heterocycles. The molecule has 0 spiro atoms. The standard InChI is InChI=1S/C19H23N3O9/c1-13(2)31-17-9-5-4-7-15(17)18(24)28-11-29-19(25)16-8-6-10-21(16)22(26)20-30-12-27-14(3)23/h4-5,7,9,16H,1,6,8,10-12H2,2-3H3/b22-20+/t16-/m0/s1. The van der Waals surface area contributed by atoms with E-state index >= 15 is 0 Å². The summed E-state index contributed by atoms with van der Waals surface area (Å²) in [7, 11) is 0. The smallest absolute Gasteiger partial charge is 0.344 e. The van der Waals surface area contributed by atoms with Crippen molar-refractivity contribution in [3.05, 3.63) is 47.4 Å². The van der Waals surface area contributed by atoms with Crippen LogP contribution in [0.15, 0.2) is 41.9 Å². The van der Waals surface area contributed by atoms with Crippen LogP contribution in [0.3, 0.4) is 0 Å². The van der Waals surface area contributed by atoms with Crippen molar-refractivity contribution >= 4 is 17.9 Å². The van der Waals surface area contributed by atoms with Crippen LogP contribution in [0.25, 0.3) is 0 Å². The van der Waals surface area contributed by atoms with E-state index in [4.69, 9.17) is 14.2 Å². The van der Waals surface area contributed by atoms with Gasteiger partial charge >= 0.3 is 17.9 Å². The molecule has 0 aromatic heterocycles. The third kappa shape index (κ3) is 7.17. The average Bonchev–Trinajstić information content (AvgIpc) is 3.21. The van der Waals surface area contributed by atoms with E-state index in [1.165, 1.54) is 13.0 Å². The Labute approximate surface area is 178 Å². The van der Waals surface area contributed by atoms with Gasteiger partial charge in [0.25, 0.3) is 6.79 Å². The fraction of sp³-hybridized carbons (Fsp3) is 0.421. The lowest BCUT2D eigenvalue weighted by Gasteiger charge is -2.18. The molecule has 0 unspecified atom stereocenters. The molecule has 31 heavy (non-hydrogen) atoms. The number of hydrogen-bond donors (Lipinski definition) is 0. The Kier molecular flexibility index (Phi) is 8.61. The van der Waals surface area contributed by atoms with E-state index in [1.54, 1.807) is 25.1 Å². The van der Waals surface area contributed by atoms with Crippen LogP contribution in [0, 0.1) is 5.21 Å². The third-order valence-electron chi connectivity index (χ3n) is 3.94. The van der Waals surface area contributed by atoms with Crippen LogP contribution in [-0.4, -0.2) is 54.1 Å². The zero-order valence-electron chi connectivity index (χ0n) is 17.1. The molecule has 1 heterocycles. The molecule has 0 saturated carbocycles. The van der Waals surface area contributed by atoms with E-state index in [0.717, 1.165) is 5.01 Å². The topological polar surface area (TPSA) is 139 Å². The summed E-state index contributed by atoms with van der Waals surface area (Å²) in [6.07, 6.45) is 0.865. The van der Waals surface area contributed by atoms with Gasteiger partial charge < -0.3 is 29.0 Å². The maximum Gasteiger partial charge on any atom is 0.344 e. The fourth-order valence-electron chi connectivity index (χ4n) is 2.65. The molecule has 1 aromatic rings. The van der Waals surface area contributed by atoms with Gasteiger partial charge in [-0.2, -0.15) is 0 Å². The molecule has 1 aliphatic heterocycles. The first-order valence-corrected chi connectivity index (χ1v) is 9.26. The number of rotatable bonds is 10. The molecule has 12 nitrogen and oxygen atoms in total. The van der Waals surface area contributed by atoms with Gasteiger partial charge in [0.2, 0.25) is 12.1 Å². The Morgan fingerprint density at radius 1 is 1.19 bits per heavy atom. The number of nitrogens with zero attached hydrogens (tertiary/aromatic N) is 3. The fourth-order valence-corrected chi connectivity index (χ4v) is 2.65. The Bertz CT molecular complexity index is 856. The van der Waals surface area contributed by atoms with Crippen molar-refractivity contribution in [2.75, 3.05) is 20.1 Å². The Balaban J connectivity index is 1.86. The van der Waals surface area contributed by atoms with E-state index < -0.39 is 37.5 Å². The van der Waals surface area contributed by atoms with E-state index in [1.807, 2.05) is 0 Å². The summed E-state index contributed by atoms with van der Waals surface area (Å²) in [5.74, 6) is -1.48. The molecular weight excluding hydrogens is 414 g/mol. The van der Waals surface area contributed by atoms with Gasteiger partial charge in [0, 0.05) is 6.92 Å². The molecule has 0 bridgehead atoms. The van der Waals surface area contributed by atoms with Crippen molar-refractivity contribution in [2.24, 2.45) is 5.28 Å². The second-order valence-corrected chi connectivity index (χ2v) is 6.35. The van der Waals surface area contributed by atoms with Gasteiger partial charge in [-0.3, -0.25) is 4.79 Å². The molecule has 1 atom stereocenters. The number of benzene rings is 1. The molecule has 2 rings (SSSR count). The van der Waals surface area contributed by atoms with Gasteiger partial charge in [0.1, 0.15) is 11.3 Å². The largest absolute Gasteiger partial charge is 0.569 e. The molecule has 0 N–H and O–H groups in total. The number of para-hydroxylation sites is 1. The minimum atomic E-state index is -0.934. The number of hydrazine groups is 1. The molecule has 12 heteroatoms. The maximum absolute atomic E-state index is 12.3.